The number of amides is 3. The van der Waals surface area contributed by atoms with Crippen molar-refractivity contribution in [1.82, 2.24) is 10.6 Å². The van der Waals surface area contributed by atoms with E-state index < -0.39 is 29.4 Å². The highest BCUT2D eigenvalue weighted by Gasteiger charge is 2.60. The highest BCUT2D eigenvalue weighted by Crippen LogP contribution is 2.47. The fourth-order valence-electron chi connectivity index (χ4n) is 1.92. The number of urea groups is 1. The number of nitrogens with one attached hydrogen (secondary N) is 2. The van der Waals surface area contributed by atoms with Crippen molar-refractivity contribution < 1.29 is 19.5 Å². The molecule has 0 bridgehead atoms. The van der Waals surface area contributed by atoms with E-state index in [0.717, 1.165) is 0 Å². The van der Waals surface area contributed by atoms with Crippen molar-refractivity contribution in [2.24, 2.45) is 11.8 Å². The highest BCUT2D eigenvalue weighted by molar-refractivity contribution is 6.07. The number of carbonyl (C=O) groups excluding carboxylic acids is 2. The highest BCUT2D eigenvalue weighted by atomic mass is 16.4. The van der Waals surface area contributed by atoms with Crippen LogP contribution in [0.5, 0.6) is 0 Å². The predicted octanol–water partition coefficient (Wildman–Crippen LogP) is -0.695. The Hall–Kier alpha value is -1.59. The van der Waals surface area contributed by atoms with Gasteiger partial charge >= 0.3 is 12.0 Å². The van der Waals surface area contributed by atoms with Gasteiger partial charge in [0.1, 0.15) is 5.54 Å². The van der Waals surface area contributed by atoms with E-state index in [1.54, 1.807) is 6.92 Å². The Bertz CT molecular complexity index is 340. The van der Waals surface area contributed by atoms with E-state index in [2.05, 4.69) is 10.6 Å². The molecule has 0 aromatic heterocycles. The summed E-state index contributed by atoms with van der Waals surface area (Å²) in [6.45, 7) is 1.56. The molecule has 6 nitrogen and oxygen atoms in total. The van der Waals surface area contributed by atoms with Gasteiger partial charge in [-0.1, -0.05) is 0 Å². The minimum Gasteiger partial charge on any atom is -0.481 e. The molecule has 1 saturated heterocycles. The third kappa shape index (κ3) is 1.07. The van der Waals surface area contributed by atoms with Crippen LogP contribution in [0.2, 0.25) is 0 Å². The summed E-state index contributed by atoms with van der Waals surface area (Å²) in [5.74, 6) is -2.14. The van der Waals surface area contributed by atoms with Crippen LogP contribution in [0.25, 0.3) is 0 Å². The van der Waals surface area contributed by atoms with Gasteiger partial charge in [0.15, 0.2) is 0 Å². The Morgan fingerprint density at radius 3 is 2.57 bits per heavy atom. The molecule has 1 aliphatic heterocycles. The number of carboxylic acid groups (broad SMARTS) is 1. The fourth-order valence-corrected chi connectivity index (χ4v) is 1.92. The minimum atomic E-state index is -1.04. The molecule has 2 fully saturated rings. The molecule has 3 atom stereocenters. The van der Waals surface area contributed by atoms with Crippen molar-refractivity contribution in [3.05, 3.63) is 0 Å². The van der Waals surface area contributed by atoms with Crippen molar-refractivity contribution in [3.63, 3.8) is 0 Å². The summed E-state index contributed by atoms with van der Waals surface area (Å²) in [5, 5.41) is 13.3. The van der Waals surface area contributed by atoms with Gasteiger partial charge in [-0.2, -0.15) is 0 Å². The molecule has 3 unspecified atom stereocenters. The number of carbonyl (C=O) groups is 3. The Kier molecular flexibility index (Phi) is 1.58. The first-order chi connectivity index (χ1) is 6.45. The molecule has 0 aromatic carbocycles. The first kappa shape index (κ1) is 8.98. The number of carboxylic acids is 1. The minimum absolute atomic E-state index is 0.286. The molecular formula is C8H10N2O4. The average Bonchev–Trinajstić information content (AvgIpc) is 2.77. The summed E-state index contributed by atoms with van der Waals surface area (Å²) in [6, 6.07) is -0.548. The molecule has 3 amide bonds. The van der Waals surface area contributed by atoms with Gasteiger partial charge < -0.3 is 10.4 Å². The summed E-state index contributed by atoms with van der Waals surface area (Å²) < 4.78 is 0. The Labute approximate surface area is 79.7 Å². The van der Waals surface area contributed by atoms with Crippen LogP contribution in [0, 0.1) is 11.8 Å². The van der Waals surface area contributed by atoms with E-state index in [1.807, 2.05) is 0 Å². The average molecular weight is 198 g/mol. The molecule has 0 spiro atoms. The van der Waals surface area contributed by atoms with Crippen molar-refractivity contribution in [2.45, 2.75) is 18.9 Å². The second-order valence-electron chi connectivity index (χ2n) is 3.90. The van der Waals surface area contributed by atoms with Gasteiger partial charge in [0, 0.05) is 5.92 Å². The summed E-state index contributed by atoms with van der Waals surface area (Å²) in [5.41, 5.74) is -1.04. The number of imide groups is 1. The Morgan fingerprint density at radius 1 is 1.57 bits per heavy atom. The summed E-state index contributed by atoms with van der Waals surface area (Å²) >= 11 is 0. The van der Waals surface area contributed by atoms with Crippen LogP contribution >= 0.6 is 0 Å². The van der Waals surface area contributed by atoms with Gasteiger partial charge in [0.2, 0.25) is 0 Å². The molecule has 3 N–H and O–H groups in total. The van der Waals surface area contributed by atoms with Gasteiger partial charge in [-0.15, -0.1) is 0 Å². The molecular weight excluding hydrogens is 188 g/mol. The van der Waals surface area contributed by atoms with Crippen LogP contribution in [0.1, 0.15) is 13.3 Å². The standard InChI is InChI=1S/C8H10N2O4/c1-8(4-2-3(4)5(11)12)6(13)9-7(14)10-8/h3-4H,2H2,1H3,(H,11,12)(H2,9,10,13,14). The fraction of sp³-hybridized carbons (Fsp3) is 0.625. The van der Waals surface area contributed by atoms with Crippen molar-refractivity contribution in [1.29, 1.82) is 0 Å². The molecule has 1 heterocycles. The zero-order valence-corrected chi connectivity index (χ0v) is 7.53. The lowest BCUT2D eigenvalue weighted by molar-refractivity contribution is -0.139. The second-order valence-corrected chi connectivity index (χ2v) is 3.90. The number of hydrogen-bond donors (Lipinski definition) is 3. The largest absolute Gasteiger partial charge is 0.481 e. The van der Waals surface area contributed by atoms with Gasteiger partial charge in [-0.05, 0) is 13.3 Å². The molecule has 6 heteroatoms. The molecule has 2 aliphatic rings. The van der Waals surface area contributed by atoms with Gasteiger partial charge in [-0.25, -0.2) is 4.79 Å². The molecule has 1 saturated carbocycles. The first-order valence-corrected chi connectivity index (χ1v) is 4.31. The van der Waals surface area contributed by atoms with E-state index >= 15 is 0 Å². The maximum absolute atomic E-state index is 11.4. The molecule has 1 aliphatic carbocycles. The lowest BCUT2D eigenvalue weighted by Crippen LogP contribution is -2.46. The Balaban J connectivity index is 2.15. The maximum Gasteiger partial charge on any atom is 0.322 e. The van der Waals surface area contributed by atoms with E-state index in [1.165, 1.54) is 0 Å². The smallest absolute Gasteiger partial charge is 0.322 e. The van der Waals surface area contributed by atoms with Gasteiger partial charge in [-0.3, -0.25) is 14.9 Å². The molecule has 0 radical (unpaired) electrons. The first-order valence-electron chi connectivity index (χ1n) is 4.31. The van der Waals surface area contributed by atoms with Crippen LogP contribution in [0.3, 0.4) is 0 Å². The lowest BCUT2D eigenvalue weighted by Gasteiger charge is -2.19. The second kappa shape index (κ2) is 2.46. The number of hydrogen-bond acceptors (Lipinski definition) is 3. The summed E-state index contributed by atoms with van der Waals surface area (Å²) in [4.78, 5) is 32.9. The van der Waals surface area contributed by atoms with Gasteiger partial charge in [0.05, 0.1) is 5.92 Å². The van der Waals surface area contributed by atoms with Crippen molar-refractivity contribution >= 4 is 17.9 Å². The maximum atomic E-state index is 11.4. The topological polar surface area (TPSA) is 95.5 Å². The predicted molar refractivity (Wildman–Crippen MR) is 44.3 cm³/mol. The summed E-state index contributed by atoms with van der Waals surface area (Å²) in [6.07, 6.45) is 0.444. The third-order valence-electron chi connectivity index (χ3n) is 2.92. The van der Waals surface area contributed by atoms with E-state index in [-0.39, 0.29) is 5.92 Å². The molecule has 76 valence electrons. The van der Waals surface area contributed by atoms with Crippen LogP contribution in [-0.2, 0) is 9.59 Å². The Morgan fingerprint density at radius 2 is 2.21 bits per heavy atom. The van der Waals surface area contributed by atoms with E-state index in [4.69, 9.17) is 5.11 Å². The van der Waals surface area contributed by atoms with Crippen molar-refractivity contribution in [2.75, 3.05) is 0 Å². The number of aliphatic carboxylic acids is 1. The van der Waals surface area contributed by atoms with Crippen LogP contribution in [0.4, 0.5) is 4.79 Å². The molecule has 14 heavy (non-hydrogen) atoms. The van der Waals surface area contributed by atoms with Gasteiger partial charge in [0.25, 0.3) is 5.91 Å². The molecule has 2 rings (SSSR count). The van der Waals surface area contributed by atoms with E-state index in [0.29, 0.717) is 6.42 Å². The monoisotopic (exact) mass is 198 g/mol. The zero-order chi connectivity index (χ0) is 10.5. The van der Waals surface area contributed by atoms with E-state index in [9.17, 15) is 14.4 Å². The third-order valence-corrected chi connectivity index (χ3v) is 2.92. The van der Waals surface area contributed by atoms with Crippen LogP contribution in [0.15, 0.2) is 0 Å². The molecule has 0 aromatic rings. The normalized spacial score (nSPS) is 40.4. The summed E-state index contributed by atoms with van der Waals surface area (Å²) in [7, 11) is 0. The van der Waals surface area contributed by atoms with Crippen LogP contribution < -0.4 is 10.6 Å². The van der Waals surface area contributed by atoms with Crippen molar-refractivity contribution in [3.8, 4) is 0 Å². The SMILES string of the molecule is CC1(C2CC2C(=O)O)NC(=O)NC1=O. The number of rotatable bonds is 2. The lowest BCUT2D eigenvalue weighted by atomic mass is 9.95. The quantitative estimate of drug-likeness (QED) is 0.511. The van der Waals surface area contributed by atoms with Crippen LogP contribution in [-0.4, -0.2) is 28.6 Å². The zero-order valence-electron chi connectivity index (χ0n) is 7.53.